The van der Waals surface area contributed by atoms with E-state index in [2.05, 4.69) is 48.0 Å². The molecule has 0 aromatic heterocycles. The maximum atomic E-state index is 3.53. The van der Waals surface area contributed by atoms with E-state index < -0.39 is 0 Å². The molecule has 0 atom stereocenters. The Morgan fingerprint density at radius 3 is 2.64 bits per heavy atom. The van der Waals surface area contributed by atoms with E-state index in [0.29, 0.717) is 0 Å². The fourth-order valence-electron chi connectivity index (χ4n) is 1.37. The van der Waals surface area contributed by atoms with E-state index in [9.17, 15) is 0 Å². The van der Waals surface area contributed by atoms with Crippen LogP contribution in [0.5, 0.6) is 0 Å². The van der Waals surface area contributed by atoms with Crippen molar-refractivity contribution in [2.45, 2.75) is 38.0 Å². The third-order valence-electron chi connectivity index (χ3n) is 2.00. The third-order valence-corrected chi connectivity index (χ3v) is 3.82. The molecule has 0 aliphatic carbocycles. The summed E-state index contributed by atoms with van der Waals surface area (Å²) >= 11 is 5.50. The minimum Gasteiger partial charge on any atom is -0.126 e. The lowest BCUT2D eigenvalue weighted by Crippen LogP contribution is -1.88. The molecule has 0 heterocycles. The molecule has 0 spiro atoms. The van der Waals surface area contributed by atoms with Gasteiger partial charge in [0, 0.05) is 9.37 Å². The van der Waals surface area contributed by atoms with Crippen LogP contribution in [0.15, 0.2) is 27.6 Å². The van der Waals surface area contributed by atoms with Gasteiger partial charge in [-0.15, -0.1) is 11.8 Å². The van der Waals surface area contributed by atoms with Crippen LogP contribution in [0.25, 0.3) is 0 Å². The summed E-state index contributed by atoms with van der Waals surface area (Å²) in [4.78, 5) is 1.46. The van der Waals surface area contributed by atoms with Gasteiger partial charge in [-0.3, -0.25) is 0 Å². The Morgan fingerprint density at radius 1 is 1.21 bits per heavy atom. The van der Waals surface area contributed by atoms with Gasteiger partial charge in [-0.05, 0) is 42.4 Å². The Balaban J connectivity index is 2.78. The summed E-state index contributed by atoms with van der Waals surface area (Å²) in [7, 11) is 0. The maximum Gasteiger partial charge on any atom is 0.0178 e. The van der Waals surface area contributed by atoms with Crippen molar-refractivity contribution in [1.29, 1.82) is 0 Å². The largest absolute Gasteiger partial charge is 0.126 e. The topological polar surface area (TPSA) is 0 Å². The number of hydrogen-bond donors (Lipinski definition) is 0. The highest BCUT2D eigenvalue weighted by Gasteiger charge is 2.02. The lowest BCUT2D eigenvalue weighted by Gasteiger charge is -2.08. The predicted molar refractivity (Wildman–Crippen MR) is 69.2 cm³/mol. The highest BCUT2D eigenvalue weighted by molar-refractivity contribution is 9.10. The quantitative estimate of drug-likeness (QED) is 0.687. The number of aryl methyl sites for hydroxylation is 1. The van der Waals surface area contributed by atoms with Gasteiger partial charge in [-0.25, -0.2) is 0 Å². The summed E-state index contributed by atoms with van der Waals surface area (Å²) in [5, 5.41) is 0. The monoisotopic (exact) mass is 272 g/mol. The normalized spacial score (nSPS) is 10.5. The molecule has 2 heteroatoms. The van der Waals surface area contributed by atoms with E-state index in [0.717, 1.165) is 0 Å². The molecule has 0 aliphatic heterocycles. The smallest absolute Gasteiger partial charge is 0.0178 e. The Bertz CT molecular complexity index is 284. The van der Waals surface area contributed by atoms with E-state index >= 15 is 0 Å². The zero-order valence-corrected chi connectivity index (χ0v) is 11.2. The van der Waals surface area contributed by atoms with Crippen LogP contribution in [-0.2, 0) is 6.42 Å². The van der Waals surface area contributed by atoms with Crippen LogP contribution < -0.4 is 0 Å². The minimum atomic E-state index is 1.19. The van der Waals surface area contributed by atoms with Crippen LogP contribution in [-0.4, -0.2) is 5.75 Å². The molecule has 1 aromatic carbocycles. The van der Waals surface area contributed by atoms with Crippen LogP contribution in [0.1, 0.15) is 32.3 Å². The molecule has 0 fully saturated rings. The van der Waals surface area contributed by atoms with Crippen molar-refractivity contribution in [3.8, 4) is 0 Å². The van der Waals surface area contributed by atoms with Crippen molar-refractivity contribution in [2.24, 2.45) is 0 Å². The lowest BCUT2D eigenvalue weighted by molar-refractivity contribution is 0.899. The van der Waals surface area contributed by atoms with Crippen LogP contribution in [0.4, 0.5) is 0 Å². The van der Waals surface area contributed by atoms with E-state index in [1.165, 1.54) is 39.9 Å². The van der Waals surface area contributed by atoms with Gasteiger partial charge >= 0.3 is 0 Å². The highest BCUT2D eigenvalue weighted by Crippen LogP contribution is 2.27. The second-order valence-corrected chi connectivity index (χ2v) is 5.40. The molecule has 0 saturated heterocycles. The molecule has 0 N–H and O–H groups in total. The fraction of sp³-hybridized carbons (Fsp3) is 0.500. The summed E-state index contributed by atoms with van der Waals surface area (Å²) in [6, 6.07) is 6.62. The van der Waals surface area contributed by atoms with Gasteiger partial charge in [0.2, 0.25) is 0 Å². The van der Waals surface area contributed by atoms with Crippen LogP contribution in [0, 0.1) is 0 Å². The first-order chi connectivity index (χ1) is 6.77. The molecular weight excluding hydrogens is 256 g/mol. The second kappa shape index (κ2) is 6.52. The van der Waals surface area contributed by atoms with Crippen molar-refractivity contribution in [2.75, 3.05) is 5.75 Å². The molecule has 78 valence electrons. The van der Waals surface area contributed by atoms with Crippen LogP contribution in [0.2, 0.25) is 0 Å². The minimum absolute atomic E-state index is 1.19. The first-order valence-corrected chi connectivity index (χ1v) is 6.97. The molecule has 0 aliphatic rings. The molecule has 1 rings (SSSR count). The summed E-state index contributed by atoms with van der Waals surface area (Å²) in [5.74, 6) is 1.22. The number of benzene rings is 1. The molecule has 0 unspecified atom stereocenters. The molecule has 0 nitrogen and oxygen atoms in total. The summed E-state index contributed by atoms with van der Waals surface area (Å²) in [6.45, 7) is 4.46. The Labute approximate surface area is 99.6 Å². The van der Waals surface area contributed by atoms with Crippen molar-refractivity contribution < 1.29 is 0 Å². The Morgan fingerprint density at radius 2 is 2.00 bits per heavy atom. The number of halogens is 1. The van der Waals surface area contributed by atoms with E-state index in [1.54, 1.807) is 0 Å². The lowest BCUT2D eigenvalue weighted by atomic mass is 10.1. The van der Waals surface area contributed by atoms with E-state index in [1.807, 2.05) is 11.8 Å². The van der Waals surface area contributed by atoms with Crippen LogP contribution >= 0.6 is 27.7 Å². The molecule has 0 saturated carbocycles. The summed E-state index contributed by atoms with van der Waals surface area (Å²) in [6.07, 6.45) is 3.65. The van der Waals surface area contributed by atoms with Gasteiger partial charge < -0.3 is 0 Å². The highest BCUT2D eigenvalue weighted by atomic mass is 79.9. The van der Waals surface area contributed by atoms with Gasteiger partial charge in [0.1, 0.15) is 0 Å². The average molecular weight is 273 g/mol. The first-order valence-electron chi connectivity index (χ1n) is 5.19. The van der Waals surface area contributed by atoms with Crippen molar-refractivity contribution in [3.05, 3.63) is 28.2 Å². The molecule has 1 aromatic rings. The average Bonchev–Trinajstić information content (AvgIpc) is 2.17. The van der Waals surface area contributed by atoms with Gasteiger partial charge in [-0.1, -0.05) is 36.2 Å². The van der Waals surface area contributed by atoms with E-state index in [-0.39, 0.29) is 0 Å². The van der Waals surface area contributed by atoms with Crippen molar-refractivity contribution in [3.63, 3.8) is 0 Å². The second-order valence-electron chi connectivity index (χ2n) is 3.35. The van der Waals surface area contributed by atoms with Gasteiger partial charge in [0.25, 0.3) is 0 Å². The Hall–Kier alpha value is 0.0500. The van der Waals surface area contributed by atoms with E-state index in [4.69, 9.17) is 0 Å². The molecule has 0 bridgehead atoms. The first kappa shape index (κ1) is 12.1. The van der Waals surface area contributed by atoms with Gasteiger partial charge in [0.15, 0.2) is 0 Å². The van der Waals surface area contributed by atoms with Crippen molar-refractivity contribution >= 4 is 27.7 Å². The SMILES string of the molecule is CCCSc1ccc(Br)cc1CCC. The zero-order chi connectivity index (χ0) is 10.4. The standard InChI is InChI=1S/C12H17BrS/c1-3-5-10-9-11(13)6-7-12(10)14-8-4-2/h6-7,9H,3-5,8H2,1-2H3. The Kier molecular flexibility index (Phi) is 5.64. The maximum absolute atomic E-state index is 3.53. The summed E-state index contributed by atoms with van der Waals surface area (Å²) < 4.78 is 1.20. The molecule has 0 amide bonds. The molecule has 14 heavy (non-hydrogen) atoms. The van der Waals surface area contributed by atoms with Gasteiger partial charge in [-0.2, -0.15) is 0 Å². The number of thioether (sulfide) groups is 1. The number of hydrogen-bond acceptors (Lipinski definition) is 1. The van der Waals surface area contributed by atoms with Crippen LogP contribution in [0.3, 0.4) is 0 Å². The zero-order valence-electron chi connectivity index (χ0n) is 8.85. The fourth-order valence-corrected chi connectivity index (χ4v) is 2.71. The number of rotatable bonds is 5. The summed E-state index contributed by atoms with van der Waals surface area (Å²) in [5.41, 5.74) is 1.49. The van der Waals surface area contributed by atoms with Gasteiger partial charge in [0.05, 0.1) is 0 Å². The molecular formula is C12H17BrS. The van der Waals surface area contributed by atoms with Crippen molar-refractivity contribution in [1.82, 2.24) is 0 Å². The third kappa shape index (κ3) is 3.66. The predicted octanol–water partition coefficient (Wildman–Crippen LogP) is 4.90. The molecule has 0 radical (unpaired) electrons.